The number of para-hydroxylation sites is 2. The third kappa shape index (κ3) is 2.81. The highest BCUT2D eigenvalue weighted by atomic mass is 16.2. The number of nitrogens with zero attached hydrogens (tertiary/aromatic N) is 4. The Bertz CT molecular complexity index is 1080. The van der Waals surface area contributed by atoms with Crippen LogP contribution in [0.3, 0.4) is 0 Å². The van der Waals surface area contributed by atoms with Gasteiger partial charge in [0, 0.05) is 6.42 Å². The number of aromatic nitrogens is 3. The van der Waals surface area contributed by atoms with E-state index in [1.165, 1.54) is 9.58 Å². The van der Waals surface area contributed by atoms with E-state index in [1.54, 1.807) is 48.5 Å². The number of carbonyl (C=O) groups is 2. The van der Waals surface area contributed by atoms with Gasteiger partial charge in [0.05, 0.1) is 23.3 Å². The van der Waals surface area contributed by atoms with Crippen LogP contribution in [-0.4, -0.2) is 33.4 Å². The zero-order valence-electron chi connectivity index (χ0n) is 13.8. The summed E-state index contributed by atoms with van der Waals surface area (Å²) in [5, 5.41) is 11.1. The molecule has 8 heteroatoms. The lowest BCUT2D eigenvalue weighted by Crippen LogP contribution is -2.42. The summed E-state index contributed by atoms with van der Waals surface area (Å²) >= 11 is 0. The van der Waals surface area contributed by atoms with Crippen molar-refractivity contribution in [3.8, 4) is 0 Å². The number of nitrogens with one attached hydrogen (secondary N) is 1. The van der Waals surface area contributed by atoms with Gasteiger partial charge in [0.1, 0.15) is 12.1 Å². The minimum atomic E-state index is -0.291. The van der Waals surface area contributed by atoms with Gasteiger partial charge in [-0.1, -0.05) is 29.5 Å². The third-order valence-electron chi connectivity index (χ3n) is 4.24. The van der Waals surface area contributed by atoms with Gasteiger partial charge >= 0.3 is 0 Å². The van der Waals surface area contributed by atoms with Crippen molar-refractivity contribution in [1.29, 1.82) is 0 Å². The number of carbonyl (C=O) groups excluding carboxylic acids is 2. The van der Waals surface area contributed by atoms with Gasteiger partial charge in [0.25, 0.3) is 5.56 Å². The molecule has 0 atom stereocenters. The Morgan fingerprint density at radius 2 is 1.85 bits per heavy atom. The molecule has 3 aromatic rings. The number of benzene rings is 2. The largest absolute Gasteiger partial charge is 0.323 e. The van der Waals surface area contributed by atoms with Crippen molar-refractivity contribution in [2.75, 3.05) is 16.8 Å². The van der Waals surface area contributed by atoms with Crippen molar-refractivity contribution in [3.05, 3.63) is 58.9 Å². The molecular weight excluding hydrogens is 334 g/mol. The van der Waals surface area contributed by atoms with Crippen LogP contribution in [0.25, 0.3) is 10.9 Å². The molecule has 1 aromatic heterocycles. The van der Waals surface area contributed by atoms with E-state index in [1.807, 2.05) is 0 Å². The van der Waals surface area contributed by atoms with Crippen LogP contribution in [0.2, 0.25) is 0 Å². The Hall–Kier alpha value is -3.55. The average Bonchev–Trinajstić information content (AvgIpc) is 2.66. The molecular formula is C18H15N5O3. The molecule has 1 aliphatic rings. The summed E-state index contributed by atoms with van der Waals surface area (Å²) in [5.41, 5.74) is 1.47. The van der Waals surface area contributed by atoms with Crippen molar-refractivity contribution in [2.24, 2.45) is 0 Å². The molecule has 0 saturated heterocycles. The van der Waals surface area contributed by atoms with E-state index in [-0.39, 0.29) is 36.9 Å². The van der Waals surface area contributed by atoms with Gasteiger partial charge in [-0.3, -0.25) is 14.4 Å². The van der Waals surface area contributed by atoms with Gasteiger partial charge in [0.15, 0.2) is 0 Å². The van der Waals surface area contributed by atoms with Crippen LogP contribution in [-0.2, 0) is 16.1 Å². The van der Waals surface area contributed by atoms with Gasteiger partial charge in [-0.25, -0.2) is 4.68 Å². The molecule has 2 aromatic carbocycles. The zero-order chi connectivity index (χ0) is 18.1. The van der Waals surface area contributed by atoms with Crippen LogP contribution in [0.15, 0.2) is 53.3 Å². The molecule has 26 heavy (non-hydrogen) atoms. The summed E-state index contributed by atoms with van der Waals surface area (Å²) < 4.78 is 1.18. The van der Waals surface area contributed by atoms with Gasteiger partial charge in [-0.2, -0.15) is 0 Å². The van der Waals surface area contributed by atoms with Crippen molar-refractivity contribution < 1.29 is 9.59 Å². The first-order valence-corrected chi connectivity index (χ1v) is 8.15. The number of fused-ring (bicyclic) bond motifs is 2. The molecule has 130 valence electrons. The SMILES string of the molecule is O=C1CN(C(=O)CCn2nnc3ccccc3c2=O)c2ccccc2N1. The molecule has 2 amide bonds. The van der Waals surface area contributed by atoms with Crippen LogP contribution >= 0.6 is 0 Å². The molecule has 1 N–H and O–H groups in total. The van der Waals surface area contributed by atoms with Gasteiger partial charge in [0.2, 0.25) is 11.8 Å². The van der Waals surface area contributed by atoms with Crippen molar-refractivity contribution in [3.63, 3.8) is 0 Å². The predicted molar refractivity (Wildman–Crippen MR) is 95.8 cm³/mol. The molecule has 4 rings (SSSR count). The minimum absolute atomic E-state index is 0.0363. The van der Waals surface area contributed by atoms with E-state index >= 15 is 0 Å². The van der Waals surface area contributed by atoms with Crippen LogP contribution in [0.4, 0.5) is 11.4 Å². The molecule has 2 heterocycles. The maximum atomic E-state index is 12.6. The van der Waals surface area contributed by atoms with Crippen LogP contribution < -0.4 is 15.8 Å². The fourth-order valence-electron chi connectivity index (χ4n) is 2.96. The highest BCUT2D eigenvalue weighted by molar-refractivity contribution is 6.09. The summed E-state index contributed by atoms with van der Waals surface area (Å²) in [6, 6.07) is 14.0. The Morgan fingerprint density at radius 1 is 1.08 bits per heavy atom. The first-order chi connectivity index (χ1) is 12.6. The highest BCUT2D eigenvalue weighted by Gasteiger charge is 2.26. The molecule has 0 radical (unpaired) electrons. The second-order valence-electron chi connectivity index (χ2n) is 5.93. The Balaban J connectivity index is 1.56. The predicted octanol–water partition coefficient (Wildman–Crippen LogP) is 1.17. The standard InChI is InChI=1S/C18H15N5O3/c24-16-11-22(15-8-4-3-7-14(15)19-16)17(25)9-10-23-18(26)12-5-1-2-6-13(12)20-21-23/h1-8H,9-11H2,(H,19,24). The summed E-state index contributed by atoms with van der Waals surface area (Å²) in [6.07, 6.45) is 0.0363. The highest BCUT2D eigenvalue weighted by Crippen LogP contribution is 2.29. The lowest BCUT2D eigenvalue weighted by atomic mass is 10.2. The van der Waals surface area contributed by atoms with E-state index in [0.717, 1.165) is 0 Å². The zero-order valence-corrected chi connectivity index (χ0v) is 13.8. The summed E-state index contributed by atoms with van der Waals surface area (Å²) in [4.78, 5) is 38.3. The number of aryl methyl sites for hydroxylation is 1. The Labute approximate surface area is 148 Å². The maximum absolute atomic E-state index is 12.6. The van der Waals surface area contributed by atoms with Crippen molar-refractivity contribution in [1.82, 2.24) is 15.0 Å². The van der Waals surface area contributed by atoms with Crippen molar-refractivity contribution >= 4 is 34.1 Å². The average molecular weight is 349 g/mol. The number of hydrogen-bond donors (Lipinski definition) is 1. The topological polar surface area (TPSA) is 97.2 Å². The molecule has 0 aliphatic carbocycles. The van der Waals surface area contributed by atoms with Crippen LogP contribution in [0.1, 0.15) is 6.42 Å². The van der Waals surface area contributed by atoms with Gasteiger partial charge < -0.3 is 10.2 Å². The second kappa shape index (κ2) is 6.40. The van der Waals surface area contributed by atoms with Crippen LogP contribution in [0.5, 0.6) is 0 Å². The van der Waals surface area contributed by atoms with Crippen molar-refractivity contribution in [2.45, 2.75) is 13.0 Å². The van der Waals surface area contributed by atoms with Gasteiger partial charge in [-0.15, -0.1) is 5.10 Å². The summed E-state index contributed by atoms with van der Waals surface area (Å²) in [5.74, 6) is -0.506. The fourth-order valence-corrected chi connectivity index (χ4v) is 2.96. The number of anilines is 2. The molecule has 1 aliphatic heterocycles. The van der Waals surface area contributed by atoms with E-state index in [0.29, 0.717) is 22.3 Å². The van der Waals surface area contributed by atoms with E-state index in [9.17, 15) is 14.4 Å². The molecule has 0 spiro atoms. The fraction of sp³-hybridized carbons (Fsp3) is 0.167. The maximum Gasteiger partial charge on any atom is 0.277 e. The number of rotatable bonds is 3. The molecule has 8 nitrogen and oxygen atoms in total. The smallest absolute Gasteiger partial charge is 0.277 e. The first kappa shape index (κ1) is 15.9. The number of hydrogen-bond acceptors (Lipinski definition) is 5. The lowest BCUT2D eigenvalue weighted by Gasteiger charge is -2.29. The quantitative estimate of drug-likeness (QED) is 0.765. The molecule has 0 saturated carbocycles. The van der Waals surface area contributed by atoms with E-state index < -0.39 is 0 Å². The summed E-state index contributed by atoms with van der Waals surface area (Å²) in [7, 11) is 0. The third-order valence-corrected chi connectivity index (χ3v) is 4.24. The minimum Gasteiger partial charge on any atom is -0.323 e. The number of amides is 2. The van der Waals surface area contributed by atoms with Crippen LogP contribution in [0, 0.1) is 0 Å². The van der Waals surface area contributed by atoms with E-state index in [2.05, 4.69) is 15.6 Å². The molecule has 0 unspecified atom stereocenters. The van der Waals surface area contributed by atoms with Gasteiger partial charge in [-0.05, 0) is 24.3 Å². The molecule has 0 bridgehead atoms. The normalized spacial score (nSPS) is 13.4. The Morgan fingerprint density at radius 3 is 2.73 bits per heavy atom. The van der Waals surface area contributed by atoms with E-state index in [4.69, 9.17) is 0 Å². The lowest BCUT2D eigenvalue weighted by molar-refractivity contribution is -0.122. The first-order valence-electron chi connectivity index (χ1n) is 8.15. The summed E-state index contributed by atoms with van der Waals surface area (Å²) in [6.45, 7) is 0.0456. The second-order valence-corrected chi connectivity index (χ2v) is 5.93. The Kier molecular flexibility index (Phi) is 3.92. The molecule has 0 fully saturated rings. The monoisotopic (exact) mass is 349 g/mol.